The van der Waals surface area contributed by atoms with Crippen molar-refractivity contribution in [2.45, 2.75) is 169 Å². The number of carbonyl (C=O) groups is 1. The quantitative estimate of drug-likeness (QED) is 0.0841. The van der Waals surface area contributed by atoms with Gasteiger partial charge in [-0.05, 0) is 105 Å². The first-order chi connectivity index (χ1) is 19.5. The molecule has 0 saturated heterocycles. The molecule has 0 spiro atoms. The summed E-state index contributed by atoms with van der Waals surface area (Å²) in [6.07, 6.45) is 9.48. The van der Waals surface area contributed by atoms with Crippen LogP contribution in [0.5, 0.6) is 0 Å². The second-order valence-electron chi connectivity index (χ2n) is 16.5. The van der Waals surface area contributed by atoms with Crippen LogP contribution < -0.4 is 0 Å². The van der Waals surface area contributed by atoms with E-state index in [9.17, 15) is 4.79 Å². The molecule has 7 heteroatoms. The fourth-order valence-corrected chi connectivity index (χ4v) is 12.3. The summed E-state index contributed by atoms with van der Waals surface area (Å²) in [7, 11) is -5.99. The molecule has 1 fully saturated rings. The van der Waals surface area contributed by atoms with Crippen molar-refractivity contribution in [2.24, 2.45) is 17.3 Å². The van der Waals surface area contributed by atoms with Gasteiger partial charge in [-0.1, -0.05) is 80.5 Å². The van der Waals surface area contributed by atoms with Crippen LogP contribution in [0.15, 0.2) is 37.0 Å². The highest BCUT2D eigenvalue weighted by Gasteiger charge is 2.59. The number of hydrogen-bond acceptors (Lipinski definition) is 4. The predicted molar refractivity (Wildman–Crippen MR) is 195 cm³/mol. The van der Waals surface area contributed by atoms with Crippen molar-refractivity contribution in [3.05, 3.63) is 37.0 Å². The van der Waals surface area contributed by atoms with Crippen LogP contribution >= 0.6 is 0 Å². The molecule has 5 atom stereocenters. The molecule has 0 radical (unpaired) electrons. The molecule has 1 aliphatic carbocycles. The summed E-state index contributed by atoms with van der Waals surface area (Å²) >= 11 is 0. The first-order valence-electron chi connectivity index (χ1n) is 17.0. The van der Waals surface area contributed by atoms with Gasteiger partial charge in [0.05, 0.1) is 12.2 Å². The van der Waals surface area contributed by atoms with Crippen molar-refractivity contribution >= 4 is 30.7 Å². The Morgan fingerprint density at radius 1 is 1.00 bits per heavy atom. The lowest BCUT2D eigenvalue weighted by atomic mass is 9.79. The zero-order chi connectivity index (χ0) is 33.7. The Hall–Kier alpha value is -0.579. The predicted octanol–water partition coefficient (Wildman–Crippen LogP) is 11.1. The van der Waals surface area contributed by atoms with Crippen molar-refractivity contribution in [1.82, 2.24) is 0 Å². The van der Waals surface area contributed by atoms with E-state index >= 15 is 0 Å². The van der Waals surface area contributed by atoms with Crippen LogP contribution in [0, 0.1) is 17.3 Å². The minimum atomic E-state index is -2.11. The van der Waals surface area contributed by atoms with E-state index in [2.05, 4.69) is 114 Å². The molecule has 4 nitrogen and oxygen atoms in total. The van der Waals surface area contributed by atoms with Crippen molar-refractivity contribution in [3.8, 4) is 0 Å². The number of ketones is 1. The Balaban J connectivity index is 3.51. The Morgan fingerprint density at radius 2 is 1.53 bits per heavy atom. The van der Waals surface area contributed by atoms with E-state index in [-0.39, 0.29) is 40.3 Å². The van der Waals surface area contributed by atoms with E-state index in [4.69, 9.17) is 13.3 Å². The van der Waals surface area contributed by atoms with Gasteiger partial charge >= 0.3 is 0 Å². The molecular weight excluding hydrogens is 581 g/mol. The molecule has 1 unspecified atom stereocenters. The van der Waals surface area contributed by atoms with Crippen LogP contribution in [-0.2, 0) is 18.1 Å². The third-order valence-corrected chi connectivity index (χ3v) is 20.7. The van der Waals surface area contributed by atoms with Crippen LogP contribution in [0.2, 0.25) is 55.9 Å². The van der Waals surface area contributed by atoms with E-state index in [0.717, 1.165) is 43.0 Å². The molecule has 0 bridgehead atoms. The lowest BCUT2D eigenvalue weighted by Gasteiger charge is -2.43. The SMILES string of the molecule is C=CCCC(O[Si](CC)(CC)CC)C(C)(C)C/C=C(\C)C(=O)[C@@]1(O[Si](C)(C)C)C[C@H](C)[C@@H](O[Si](C)(C)C(C)(C)C)[C@@H]1C=C. The summed E-state index contributed by atoms with van der Waals surface area (Å²) in [5.41, 5.74) is -0.286. The number of hydrogen-bond donors (Lipinski definition) is 0. The van der Waals surface area contributed by atoms with Crippen molar-refractivity contribution in [1.29, 1.82) is 0 Å². The molecule has 0 aromatic heterocycles. The normalized spacial score (nSPS) is 25.1. The summed E-state index contributed by atoms with van der Waals surface area (Å²) in [5, 5.41) is 0.0761. The molecular formula is C36H70O4Si3. The highest BCUT2D eigenvalue weighted by atomic mass is 28.4. The van der Waals surface area contributed by atoms with Gasteiger partial charge in [-0.15, -0.1) is 13.2 Å². The highest BCUT2D eigenvalue weighted by molar-refractivity contribution is 6.74. The second-order valence-corrected chi connectivity index (χ2v) is 30.4. The summed E-state index contributed by atoms with van der Waals surface area (Å²) in [6.45, 7) is 41.9. The zero-order valence-electron chi connectivity index (χ0n) is 31.0. The van der Waals surface area contributed by atoms with E-state index in [1.54, 1.807) is 0 Å². The molecule has 0 amide bonds. The minimum Gasteiger partial charge on any atom is -0.413 e. The van der Waals surface area contributed by atoms with Crippen LogP contribution in [0.25, 0.3) is 0 Å². The molecule has 0 aromatic rings. The van der Waals surface area contributed by atoms with E-state index in [1.165, 1.54) is 0 Å². The third kappa shape index (κ3) is 9.95. The third-order valence-electron chi connectivity index (χ3n) is 10.6. The first-order valence-corrected chi connectivity index (χ1v) is 25.9. The molecule has 0 aromatic carbocycles. The van der Waals surface area contributed by atoms with Gasteiger partial charge in [0.2, 0.25) is 0 Å². The van der Waals surface area contributed by atoms with Gasteiger partial charge < -0.3 is 13.3 Å². The molecule has 0 N–H and O–H groups in total. The van der Waals surface area contributed by atoms with Crippen LogP contribution in [0.3, 0.4) is 0 Å². The van der Waals surface area contributed by atoms with Gasteiger partial charge in [-0.2, -0.15) is 0 Å². The maximum absolute atomic E-state index is 14.7. The Labute approximate surface area is 270 Å². The maximum Gasteiger partial charge on any atom is 0.192 e. The average Bonchev–Trinajstić information content (AvgIpc) is 3.15. The van der Waals surface area contributed by atoms with Crippen molar-refractivity contribution in [3.63, 3.8) is 0 Å². The van der Waals surface area contributed by atoms with Crippen molar-refractivity contribution in [2.75, 3.05) is 0 Å². The molecule has 0 aliphatic heterocycles. The van der Waals surface area contributed by atoms with Crippen LogP contribution in [0.1, 0.15) is 94.9 Å². The lowest BCUT2D eigenvalue weighted by molar-refractivity contribution is -0.134. The maximum atomic E-state index is 14.7. The Morgan fingerprint density at radius 3 is 1.95 bits per heavy atom. The van der Waals surface area contributed by atoms with Gasteiger partial charge in [-0.25, -0.2) is 0 Å². The monoisotopic (exact) mass is 650 g/mol. The largest absolute Gasteiger partial charge is 0.413 e. The smallest absolute Gasteiger partial charge is 0.192 e. The topological polar surface area (TPSA) is 44.8 Å². The van der Waals surface area contributed by atoms with Gasteiger partial charge in [-0.3, -0.25) is 4.79 Å². The number of allylic oxidation sites excluding steroid dienone is 2. The zero-order valence-corrected chi connectivity index (χ0v) is 34.0. The minimum absolute atomic E-state index is 0.0761. The Bertz CT molecular complexity index is 960. The van der Waals surface area contributed by atoms with Crippen molar-refractivity contribution < 1.29 is 18.1 Å². The number of Topliss-reactive ketones (excluding diaryl/α,β-unsaturated/α-hetero) is 1. The standard InChI is InChI=1S/C36H70O4Si3/c1-18-23-24-31(38-43(20-3,21-4)22-5)35(11,12)26-25-28(6)33(37)36(40-41(13,14)15)27-29(7)32(30(36)19-2)39-42(16,17)34(8,9)10/h18-19,25,29-32H,1-2,20-24,26-27H2,3-17H3/b28-25+/t29-,30-,31?,32+,36+/m0/s1. The molecule has 1 rings (SSSR count). The van der Waals surface area contributed by atoms with E-state index < -0.39 is 30.6 Å². The fourth-order valence-electron chi connectivity index (χ4n) is 6.48. The van der Waals surface area contributed by atoms with Gasteiger partial charge in [0.1, 0.15) is 5.60 Å². The van der Waals surface area contributed by atoms with Crippen LogP contribution in [0.4, 0.5) is 0 Å². The summed E-state index contributed by atoms with van der Waals surface area (Å²) in [6, 6.07) is 3.39. The molecule has 1 saturated carbocycles. The molecule has 1 aliphatic rings. The fraction of sp³-hybridized carbons (Fsp3) is 0.806. The van der Waals surface area contributed by atoms with E-state index in [1.807, 2.05) is 19.1 Å². The summed E-state index contributed by atoms with van der Waals surface area (Å²) < 4.78 is 21.1. The highest BCUT2D eigenvalue weighted by Crippen LogP contribution is 2.51. The average molecular weight is 651 g/mol. The summed E-state index contributed by atoms with van der Waals surface area (Å²) in [4.78, 5) is 14.7. The first kappa shape index (κ1) is 40.4. The van der Waals surface area contributed by atoms with Gasteiger partial charge in [0.25, 0.3) is 0 Å². The lowest BCUT2D eigenvalue weighted by Crippen LogP contribution is -2.54. The van der Waals surface area contributed by atoms with Gasteiger partial charge in [0.15, 0.2) is 30.7 Å². The molecule has 0 heterocycles. The molecule has 250 valence electrons. The molecule has 43 heavy (non-hydrogen) atoms. The van der Waals surface area contributed by atoms with Gasteiger partial charge in [0, 0.05) is 5.92 Å². The summed E-state index contributed by atoms with van der Waals surface area (Å²) in [5.74, 6) is 0.0986. The van der Waals surface area contributed by atoms with E-state index in [0.29, 0.717) is 6.42 Å². The van der Waals surface area contributed by atoms with Crippen LogP contribution in [-0.4, -0.2) is 48.5 Å². The Kier molecular flexibility index (Phi) is 14.4. The number of rotatable bonds is 18. The number of carbonyl (C=O) groups excluding carboxylic acids is 1. The second kappa shape index (κ2) is 15.3.